The third-order valence-electron chi connectivity index (χ3n) is 4.20. The molecule has 1 aromatic carbocycles. The minimum absolute atomic E-state index is 0.176. The lowest BCUT2D eigenvalue weighted by Gasteiger charge is -2.20. The lowest BCUT2D eigenvalue weighted by Crippen LogP contribution is -2.45. The van der Waals surface area contributed by atoms with Gasteiger partial charge in [-0.1, -0.05) is 12.1 Å². The van der Waals surface area contributed by atoms with Crippen LogP contribution in [-0.2, 0) is 14.1 Å². The number of carbonyl (C=O) groups excluding carboxylic acids is 1. The lowest BCUT2D eigenvalue weighted by molar-refractivity contribution is 0.0943. The number of nitrogen functional groups attached to an aromatic ring is 1. The fraction of sp³-hybridized carbons (Fsp3) is 0.353. The molecule has 1 aromatic heterocycles. The number of nitrogens with one attached hydrogen (secondary N) is 1. The van der Waals surface area contributed by atoms with E-state index in [-0.39, 0.29) is 23.2 Å². The van der Waals surface area contributed by atoms with Crippen LogP contribution in [0.1, 0.15) is 35.8 Å². The Morgan fingerprint density at radius 2 is 1.84 bits per heavy atom. The van der Waals surface area contributed by atoms with E-state index in [0.29, 0.717) is 5.56 Å². The molecule has 0 amide bonds. The molecule has 0 fully saturated rings. The molecule has 0 aliphatic rings. The van der Waals surface area contributed by atoms with Crippen molar-refractivity contribution < 1.29 is 9.18 Å². The van der Waals surface area contributed by atoms with Crippen LogP contribution in [0.4, 0.5) is 10.2 Å². The SMILES string of the molecule is CC(NC(C)c1cccc(F)c1)C(=O)c1c(N)n(C)c(=O)n(C)c1=O. The number of ketones is 1. The summed E-state index contributed by atoms with van der Waals surface area (Å²) in [5.74, 6) is -1.08. The molecule has 8 heteroatoms. The first-order valence-electron chi connectivity index (χ1n) is 7.76. The van der Waals surface area contributed by atoms with Gasteiger partial charge in [-0.25, -0.2) is 9.18 Å². The zero-order valence-electron chi connectivity index (χ0n) is 14.5. The molecule has 3 N–H and O–H groups in total. The number of nitrogens with zero attached hydrogens (tertiary/aromatic N) is 2. The third-order valence-corrected chi connectivity index (χ3v) is 4.20. The summed E-state index contributed by atoms with van der Waals surface area (Å²) in [6, 6.07) is 4.93. The van der Waals surface area contributed by atoms with Crippen molar-refractivity contribution in [2.24, 2.45) is 14.1 Å². The highest BCUT2D eigenvalue weighted by Crippen LogP contribution is 2.15. The number of Topliss-reactive ketones (excluding diaryl/α,β-unsaturated/α-hetero) is 1. The summed E-state index contributed by atoms with van der Waals surface area (Å²) < 4.78 is 15.2. The predicted molar refractivity (Wildman–Crippen MR) is 93.1 cm³/mol. The van der Waals surface area contributed by atoms with Gasteiger partial charge in [0.05, 0.1) is 6.04 Å². The van der Waals surface area contributed by atoms with Crippen molar-refractivity contribution >= 4 is 11.6 Å². The highest BCUT2D eigenvalue weighted by Gasteiger charge is 2.25. The van der Waals surface area contributed by atoms with E-state index in [1.807, 2.05) is 0 Å². The van der Waals surface area contributed by atoms with Gasteiger partial charge in [0, 0.05) is 20.1 Å². The second-order valence-electron chi connectivity index (χ2n) is 6.00. The van der Waals surface area contributed by atoms with Crippen LogP contribution in [0.5, 0.6) is 0 Å². The largest absolute Gasteiger partial charge is 0.384 e. The number of hydrogen-bond donors (Lipinski definition) is 2. The topological polar surface area (TPSA) is 99.1 Å². The second kappa shape index (κ2) is 7.02. The fourth-order valence-corrected chi connectivity index (χ4v) is 2.63. The van der Waals surface area contributed by atoms with Crippen LogP contribution in [0, 0.1) is 5.82 Å². The maximum atomic E-state index is 13.3. The van der Waals surface area contributed by atoms with Gasteiger partial charge in [-0.05, 0) is 31.5 Å². The third kappa shape index (κ3) is 3.53. The summed E-state index contributed by atoms with van der Waals surface area (Å²) in [5.41, 5.74) is 4.89. The molecule has 25 heavy (non-hydrogen) atoms. The molecule has 2 aromatic rings. The van der Waals surface area contributed by atoms with Crippen LogP contribution in [0.3, 0.4) is 0 Å². The Morgan fingerprint density at radius 3 is 2.44 bits per heavy atom. The number of aromatic nitrogens is 2. The van der Waals surface area contributed by atoms with Gasteiger partial charge in [-0.2, -0.15) is 0 Å². The van der Waals surface area contributed by atoms with E-state index in [4.69, 9.17) is 5.73 Å². The van der Waals surface area contributed by atoms with E-state index < -0.39 is 23.1 Å². The lowest BCUT2D eigenvalue weighted by atomic mass is 10.0. The van der Waals surface area contributed by atoms with Crippen molar-refractivity contribution in [1.29, 1.82) is 0 Å². The summed E-state index contributed by atoms with van der Waals surface area (Å²) in [6.45, 7) is 3.36. The van der Waals surface area contributed by atoms with Crippen molar-refractivity contribution in [3.63, 3.8) is 0 Å². The molecule has 0 aliphatic carbocycles. The van der Waals surface area contributed by atoms with Crippen molar-refractivity contribution in [1.82, 2.24) is 14.5 Å². The molecule has 2 rings (SSSR count). The molecular weight excluding hydrogens is 327 g/mol. The number of nitrogens with two attached hydrogens (primary N) is 1. The zero-order valence-corrected chi connectivity index (χ0v) is 14.5. The van der Waals surface area contributed by atoms with Crippen molar-refractivity contribution in [3.05, 3.63) is 62.0 Å². The number of halogens is 1. The molecule has 0 radical (unpaired) electrons. The molecular formula is C17H21FN4O3. The Balaban J connectivity index is 2.32. The number of benzene rings is 1. The van der Waals surface area contributed by atoms with Crippen molar-refractivity contribution in [2.75, 3.05) is 5.73 Å². The van der Waals surface area contributed by atoms with Gasteiger partial charge in [0.25, 0.3) is 5.56 Å². The van der Waals surface area contributed by atoms with E-state index in [9.17, 15) is 18.8 Å². The molecule has 1 heterocycles. The molecule has 0 spiro atoms. The van der Waals surface area contributed by atoms with Crippen LogP contribution in [0.25, 0.3) is 0 Å². The maximum Gasteiger partial charge on any atom is 0.332 e. The van der Waals surface area contributed by atoms with Crippen LogP contribution >= 0.6 is 0 Å². The van der Waals surface area contributed by atoms with Gasteiger partial charge >= 0.3 is 5.69 Å². The summed E-state index contributed by atoms with van der Waals surface area (Å²) >= 11 is 0. The average Bonchev–Trinajstić information content (AvgIpc) is 2.58. The van der Waals surface area contributed by atoms with Gasteiger partial charge in [0.2, 0.25) is 0 Å². The molecule has 0 saturated carbocycles. The number of hydrogen-bond acceptors (Lipinski definition) is 5. The quantitative estimate of drug-likeness (QED) is 0.776. The molecule has 0 saturated heterocycles. The Labute approximate surface area is 143 Å². The highest BCUT2D eigenvalue weighted by atomic mass is 19.1. The summed E-state index contributed by atoms with van der Waals surface area (Å²) in [4.78, 5) is 36.8. The molecule has 134 valence electrons. The number of rotatable bonds is 5. The van der Waals surface area contributed by atoms with Crippen LogP contribution in [0.15, 0.2) is 33.9 Å². The molecule has 2 unspecified atom stereocenters. The van der Waals surface area contributed by atoms with Gasteiger partial charge < -0.3 is 11.1 Å². The summed E-state index contributed by atoms with van der Waals surface area (Å²) in [6.07, 6.45) is 0. The molecule has 0 aliphatic heterocycles. The monoisotopic (exact) mass is 348 g/mol. The number of anilines is 1. The van der Waals surface area contributed by atoms with Crippen molar-refractivity contribution in [2.45, 2.75) is 25.9 Å². The first-order chi connectivity index (χ1) is 11.6. The van der Waals surface area contributed by atoms with Crippen LogP contribution in [-0.4, -0.2) is 21.0 Å². The number of carbonyl (C=O) groups is 1. The molecule has 7 nitrogen and oxygen atoms in total. The first-order valence-corrected chi connectivity index (χ1v) is 7.76. The fourth-order valence-electron chi connectivity index (χ4n) is 2.63. The maximum absolute atomic E-state index is 13.3. The van der Waals surface area contributed by atoms with Crippen LogP contribution in [0.2, 0.25) is 0 Å². The summed E-state index contributed by atoms with van der Waals surface area (Å²) in [7, 11) is 2.68. The van der Waals surface area contributed by atoms with E-state index in [1.54, 1.807) is 26.0 Å². The minimum Gasteiger partial charge on any atom is -0.384 e. The molecule has 2 atom stereocenters. The highest BCUT2D eigenvalue weighted by molar-refractivity contribution is 6.03. The van der Waals surface area contributed by atoms with Gasteiger partial charge in [0.15, 0.2) is 5.78 Å². The standard InChI is InChI=1S/C17H21FN4O3/c1-9(11-6-5-7-12(18)8-11)20-10(2)14(23)13-15(19)21(3)17(25)22(4)16(13)24/h5-10,20H,19H2,1-4H3. The second-order valence-corrected chi connectivity index (χ2v) is 6.00. The normalized spacial score (nSPS) is 13.5. The van der Waals surface area contributed by atoms with Gasteiger partial charge in [0.1, 0.15) is 17.2 Å². The predicted octanol–water partition coefficient (Wildman–Crippen LogP) is 0.727. The molecule has 0 bridgehead atoms. The van der Waals surface area contributed by atoms with E-state index in [1.165, 1.54) is 26.2 Å². The van der Waals surface area contributed by atoms with Gasteiger partial charge in [-0.15, -0.1) is 0 Å². The van der Waals surface area contributed by atoms with Crippen molar-refractivity contribution in [3.8, 4) is 0 Å². The Kier molecular flexibility index (Phi) is 5.22. The minimum atomic E-state index is -0.759. The van der Waals surface area contributed by atoms with E-state index in [0.717, 1.165) is 9.13 Å². The summed E-state index contributed by atoms with van der Waals surface area (Å²) in [5, 5.41) is 3.02. The first kappa shape index (κ1) is 18.6. The Bertz CT molecular complexity index is 932. The smallest absolute Gasteiger partial charge is 0.332 e. The Hall–Kier alpha value is -2.74. The van der Waals surface area contributed by atoms with E-state index in [2.05, 4.69) is 5.32 Å². The average molecular weight is 348 g/mol. The van der Waals surface area contributed by atoms with E-state index >= 15 is 0 Å². The van der Waals surface area contributed by atoms with Gasteiger partial charge in [-0.3, -0.25) is 18.7 Å². The van der Waals surface area contributed by atoms with Crippen LogP contribution < -0.4 is 22.3 Å². The zero-order chi connectivity index (χ0) is 18.9. The Morgan fingerprint density at radius 1 is 1.20 bits per heavy atom.